The molecule has 0 saturated heterocycles. The highest BCUT2D eigenvalue weighted by atomic mass is 32.1. The molecular formula is C19H15FN4O3S2. The first kappa shape index (κ1) is 19.3. The van der Waals surface area contributed by atoms with Crippen LogP contribution in [0.25, 0.3) is 0 Å². The molecule has 7 nitrogen and oxygen atoms in total. The normalized spacial score (nSPS) is 13.1. The lowest BCUT2D eigenvalue weighted by atomic mass is 10.0. The second-order valence-corrected chi connectivity index (χ2v) is 8.23. The summed E-state index contributed by atoms with van der Waals surface area (Å²) in [5.41, 5.74) is 1.13. The van der Waals surface area contributed by atoms with Gasteiger partial charge < -0.3 is 5.32 Å². The monoisotopic (exact) mass is 430 g/mol. The smallest absolute Gasteiger partial charge is 0.260 e. The van der Waals surface area contributed by atoms with Gasteiger partial charge in [0.1, 0.15) is 5.82 Å². The Balaban J connectivity index is 1.36. The summed E-state index contributed by atoms with van der Waals surface area (Å²) in [6.45, 7) is 0. The van der Waals surface area contributed by atoms with Gasteiger partial charge in [-0.3, -0.25) is 19.7 Å². The van der Waals surface area contributed by atoms with E-state index in [9.17, 15) is 18.8 Å². The van der Waals surface area contributed by atoms with E-state index >= 15 is 0 Å². The number of Topliss-reactive ketones (excluding diaryl/α,β-unsaturated/α-hetero) is 1. The highest BCUT2D eigenvalue weighted by Crippen LogP contribution is 2.29. The van der Waals surface area contributed by atoms with Gasteiger partial charge >= 0.3 is 0 Å². The molecule has 29 heavy (non-hydrogen) atoms. The van der Waals surface area contributed by atoms with E-state index < -0.39 is 11.7 Å². The van der Waals surface area contributed by atoms with Crippen molar-refractivity contribution in [3.8, 4) is 0 Å². The van der Waals surface area contributed by atoms with Crippen LogP contribution < -0.4 is 10.6 Å². The number of aryl methyl sites for hydroxylation is 1. The van der Waals surface area contributed by atoms with Crippen molar-refractivity contribution >= 4 is 50.5 Å². The zero-order valence-electron chi connectivity index (χ0n) is 15.0. The summed E-state index contributed by atoms with van der Waals surface area (Å²) < 4.78 is 13.7. The Labute approximate surface area is 173 Å². The van der Waals surface area contributed by atoms with E-state index in [2.05, 4.69) is 20.6 Å². The zero-order valence-corrected chi connectivity index (χ0v) is 16.7. The van der Waals surface area contributed by atoms with Crippen molar-refractivity contribution in [2.75, 3.05) is 10.6 Å². The Morgan fingerprint density at radius 2 is 1.93 bits per heavy atom. The SMILES string of the molecule is O=C(Cc1csc(NC(=O)c2ccccc2F)n1)Nc1nc2c(s1)C(=O)CCC2. The van der Waals surface area contributed by atoms with Crippen LogP contribution in [0.15, 0.2) is 29.6 Å². The third-order valence-corrected chi connectivity index (χ3v) is 6.11. The van der Waals surface area contributed by atoms with E-state index in [0.29, 0.717) is 22.1 Å². The molecule has 2 amide bonds. The van der Waals surface area contributed by atoms with Gasteiger partial charge in [0, 0.05) is 11.8 Å². The van der Waals surface area contributed by atoms with Crippen LogP contribution >= 0.6 is 22.7 Å². The largest absolute Gasteiger partial charge is 0.302 e. The van der Waals surface area contributed by atoms with Crippen LogP contribution in [0.2, 0.25) is 0 Å². The Morgan fingerprint density at radius 3 is 2.72 bits per heavy atom. The third-order valence-electron chi connectivity index (χ3n) is 4.25. The Kier molecular flexibility index (Phi) is 5.45. The summed E-state index contributed by atoms with van der Waals surface area (Å²) in [6.07, 6.45) is 2.03. The van der Waals surface area contributed by atoms with Crippen LogP contribution in [0.3, 0.4) is 0 Å². The second-order valence-electron chi connectivity index (χ2n) is 6.37. The van der Waals surface area contributed by atoms with Gasteiger partial charge in [-0.05, 0) is 25.0 Å². The number of hydrogen-bond donors (Lipinski definition) is 2. The minimum atomic E-state index is -0.620. The first-order chi connectivity index (χ1) is 14.0. The number of thiazole rings is 2. The highest BCUT2D eigenvalue weighted by molar-refractivity contribution is 7.17. The second kappa shape index (κ2) is 8.18. The number of aromatic nitrogens is 2. The molecule has 1 aliphatic carbocycles. The number of nitrogens with one attached hydrogen (secondary N) is 2. The van der Waals surface area contributed by atoms with Gasteiger partial charge in [0.25, 0.3) is 5.91 Å². The molecule has 0 saturated carbocycles. The molecule has 2 heterocycles. The Bertz CT molecular complexity index is 1110. The van der Waals surface area contributed by atoms with Gasteiger partial charge in [-0.2, -0.15) is 0 Å². The fourth-order valence-corrected chi connectivity index (χ4v) is 4.61. The van der Waals surface area contributed by atoms with Crippen molar-refractivity contribution in [1.29, 1.82) is 0 Å². The molecule has 0 fully saturated rings. The van der Waals surface area contributed by atoms with Gasteiger partial charge in [0.05, 0.1) is 28.2 Å². The number of ketones is 1. The average Bonchev–Trinajstić information content (AvgIpc) is 3.29. The molecule has 10 heteroatoms. The van der Waals surface area contributed by atoms with Crippen LogP contribution in [-0.4, -0.2) is 27.6 Å². The number of benzene rings is 1. The average molecular weight is 430 g/mol. The first-order valence-electron chi connectivity index (χ1n) is 8.82. The molecule has 1 aliphatic rings. The molecule has 3 aromatic rings. The van der Waals surface area contributed by atoms with Crippen molar-refractivity contribution < 1.29 is 18.8 Å². The van der Waals surface area contributed by atoms with Crippen LogP contribution in [-0.2, 0) is 17.6 Å². The molecule has 1 aromatic carbocycles. The summed E-state index contributed by atoms with van der Waals surface area (Å²) >= 11 is 2.34. The van der Waals surface area contributed by atoms with Gasteiger partial charge in [0.2, 0.25) is 5.91 Å². The summed E-state index contributed by atoms with van der Waals surface area (Å²) in [5.74, 6) is -1.47. The van der Waals surface area contributed by atoms with Crippen molar-refractivity contribution in [3.63, 3.8) is 0 Å². The molecule has 0 bridgehead atoms. The van der Waals surface area contributed by atoms with Gasteiger partial charge in [0.15, 0.2) is 16.0 Å². The maximum absolute atomic E-state index is 13.7. The van der Waals surface area contributed by atoms with Crippen LogP contribution in [0.4, 0.5) is 14.7 Å². The van der Waals surface area contributed by atoms with Gasteiger partial charge in [-0.25, -0.2) is 14.4 Å². The van der Waals surface area contributed by atoms with E-state index in [0.717, 1.165) is 29.9 Å². The predicted molar refractivity (Wildman–Crippen MR) is 108 cm³/mol. The zero-order chi connectivity index (χ0) is 20.4. The molecule has 0 spiro atoms. The molecule has 2 N–H and O–H groups in total. The van der Waals surface area contributed by atoms with E-state index in [1.54, 1.807) is 11.4 Å². The maximum atomic E-state index is 13.7. The number of anilines is 2. The van der Waals surface area contributed by atoms with Crippen molar-refractivity contribution in [2.24, 2.45) is 0 Å². The number of nitrogens with zero attached hydrogens (tertiary/aromatic N) is 2. The number of carbonyl (C=O) groups is 3. The molecule has 0 radical (unpaired) electrons. The Morgan fingerprint density at radius 1 is 1.10 bits per heavy atom. The summed E-state index contributed by atoms with van der Waals surface area (Å²) in [7, 11) is 0. The number of hydrogen-bond acceptors (Lipinski definition) is 7. The van der Waals surface area contributed by atoms with E-state index in [1.165, 1.54) is 29.5 Å². The lowest BCUT2D eigenvalue weighted by Gasteiger charge is -2.05. The van der Waals surface area contributed by atoms with Crippen molar-refractivity contribution in [1.82, 2.24) is 9.97 Å². The quantitative estimate of drug-likeness (QED) is 0.643. The Hall–Kier alpha value is -2.98. The maximum Gasteiger partial charge on any atom is 0.260 e. The van der Waals surface area contributed by atoms with Crippen LogP contribution in [0, 0.1) is 5.82 Å². The summed E-state index contributed by atoms with van der Waals surface area (Å²) in [4.78, 5) is 45.4. The van der Waals surface area contributed by atoms with Crippen molar-refractivity contribution in [2.45, 2.75) is 25.7 Å². The minimum absolute atomic E-state index is 0.00966. The van der Waals surface area contributed by atoms with Crippen LogP contribution in [0.5, 0.6) is 0 Å². The predicted octanol–water partition coefficient (Wildman–Crippen LogP) is 3.69. The molecule has 2 aromatic heterocycles. The van der Waals surface area contributed by atoms with Crippen LogP contribution in [0.1, 0.15) is 44.3 Å². The molecule has 0 unspecified atom stereocenters. The highest BCUT2D eigenvalue weighted by Gasteiger charge is 2.23. The van der Waals surface area contributed by atoms with Crippen molar-refractivity contribution in [3.05, 3.63) is 57.3 Å². The summed E-state index contributed by atoms with van der Waals surface area (Å²) in [5, 5.41) is 7.55. The molecule has 4 rings (SSSR count). The molecule has 0 atom stereocenters. The standard InChI is InChI=1S/C19H15FN4O3S2/c20-12-5-2-1-4-11(12)17(27)24-18-21-10(9-28-18)8-15(26)23-19-22-13-6-3-7-14(25)16(13)29-19/h1-2,4-5,9H,3,6-8H2,(H,21,24,27)(H,22,23,26). The molecular weight excluding hydrogens is 415 g/mol. The molecule has 0 aliphatic heterocycles. The lowest BCUT2D eigenvalue weighted by molar-refractivity contribution is -0.115. The van der Waals surface area contributed by atoms with E-state index in [1.807, 2.05) is 0 Å². The van der Waals surface area contributed by atoms with E-state index in [-0.39, 0.29) is 28.8 Å². The lowest BCUT2D eigenvalue weighted by Crippen LogP contribution is -2.15. The minimum Gasteiger partial charge on any atom is -0.302 e. The van der Waals surface area contributed by atoms with E-state index in [4.69, 9.17) is 0 Å². The number of fused-ring (bicyclic) bond motifs is 1. The van der Waals surface area contributed by atoms with Gasteiger partial charge in [-0.1, -0.05) is 23.5 Å². The number of rotatable bonds is 5. The fourth-order valence-electron chi connectivity index (χ4n) is 2.91. The number of carbonyl (C=O) groups excluding carboxylic acids is 3. The fraction of sp³-hybridized carbons (Fsp3) is 0.211. The number of amides is 2. The molecule has 148 valence electrons. The topological polar surface area (TPSA) is 101 Å². The summed E-state index contributed by atoms with van der Waals surface area (Å²) in [6, 6.07) is 5.65. The first-order valence-corrected chi connectivity index (χ1v) is 10.5. The van der Waals surface area contributed by atoms with Gasteiger partial charge in [-0.15, -0.1) is 11.3 Å². The third kappa shape index (κ3) is 4.38. The number of halogens is 1.